The van der Waals surface area contributed by atoms with Crippen LogP contribution in [0.2, 0.25) is 0 Å². The molecular formula is C30H32O8. The van der Waals surface area contributed by atoms with Crippen LogP contribution in [0, 0.1) is 0 Å². The van der Waals surface area contributed by atoms with Crippen molar-refractivity contribution >= 4 is 17.9 Å². The maximum Gasteiger partial charge on any atom is 0.341 e. The summed E-state index contributed by atoms with van der Waals surface area (Å²) >= 11 is 0. The van der Waals surface area contributed by atoms with Crippen LogP contribution in [0.5, 0.6) is 23.0 Å². The van der Waals surface area contributed by atoms with Crippen LogP contribution >= 0.6 is 0 Å². The number of carbonyl (C=O) groups excluding carboxylic acids is 3. The van der Waals surface area contributed by atoms with E-state index >= 15 is 0 Å². The Labute approximate surface area is 222 Å². The van der Waals surface area contributed by atoms with E-state index in [1.54, 1.807) is 0 Å². The zero-order valence-corrected chi connectivity index (χ0v) is 21.9. The number of ether oxygens (including phenoxy) is 5. The Morgan fingerprint density at radius 1 is 0.632 bits per heavy atom. The molecule has 0 aliphatic heterocycles. The van der Waals surface area contributed by atoms with Crippen LogP contribution in [0.3, 0.4) is 0 Å². The molecule has 0 fully saturated rings. The summed E-state index contributed by atoms with van der Waals surface area (Å²) in [5, 5.41) is 0. The number of methoxy groups -OCH3 is 1. The first kappa shape index (κ1) is 28.2. The Morgan fingerprint density at radius 3 is 1.58 bits per heavy atom. The SMILES string of the molecule is CCOc1ccc(CCC(=O)Oc2ccc(OC(=O)CCc3ccc(OCC)cc3)c(C(=O)OC)c2)cc1. The zero-order valence-electron chi connectivity index (χ0n) is 21.9. The van der Waals surface area contributed by atoms with Gasteiger partial charge in [0.15, 0.2) is 0 Å². The molecule has 0 N–H and O–H groups in total. The van der Waals surface area contributed by atoms with Crippen molar-refractivity contribution in [3.05, 3.63) is 83.4 Å². The summed E-state index contributed by atoms with van der Waals surface area (Å²) in [4.78, 5) is 37.2. The van der Waals surface area contributed by atoms with Crippen LogP contribution in [-0.4, -0.2) is 38.2 Å². The molecule has 8 nitrogen and oxygen atoms in total. The summed E-state index contributed by atoms with van der Waals surface area (Å²) in [6, 6.07) is 19.2. The molecule has 0 saturated heterocycles. The molecule has 3 rings (SSSR count). The zero-order chi connectivity index (χ0) is 27.3. The fourth-order valence-corrected chi connectivity index (χ4v) is 3.62. The van der Waals surface area contributed by atoms with Crippen molar-refractivity contribution in [1.29, 1.82) is 0 Å². The second-order valence-electron chi connectivity index (χ2n) is 8.25. The molecule has 0 aliphatic carbocycles. The van der Waals surface area contributed by atoms with Gasteiger partial charge in [0.2, 0.25) is 0 Å². The highest BCUT2D eigenvalue weighted by atomic mass is 16.5. The molecule has 0 bridgehead atoms. The molecule has 38 heavy (non-hydrogen) atoms. The fourth-order valence-electron chi connectivity index (χ4n) is 3.62. The number of carbonyl (C=O) groups is 3. The lowest BCUT2D eigenvalue weighted by Crippen LogP contribution is -2.14. The molecular weight excluding hydrogens is 488 g/mol. The Bertz CT molecular complexity index is 1220. The highest BCUT2D eigenvalue weighted by Crippen LogP contribution is 2.26. The average Bonchev–Trinajstić information content (AvgIpc) is 2.93. The van der Waals surface area contributed by atoms with Gasteiger partial charge >= 0.3 is 17.9 Å². The van der Waals surface area contributed by atoms with E-state index in [9.17, 15) is 14.4 Å². The molecule has 0 saturated carbocycles. The van der Waals surface area contributed by atoms with E-state index in [1.165, 1.54) is 25.3 Å². The quantitative estimate of drug-likeness (QED) is 0.220. The van der Waals surface area contributed by atoms with Gasteiger partial charge in [-0.3, -0.25) is 9.59 Å². The summed E-state index contributed by atoms with van der Waals surface area (Å²) in [6.07, 6.45) is 1.20. The van der Waals surface area contributed by atoms with Gasteiger partial charge in [0.05, 0.1) is 20.3 Å². The Morgan fingerprint density at radius 2 is 1.11 bits per heavy atom. The van der Waals surface area contributed by atoms with Gasteiger partial charge in [-0.1, -0.05) is 24.3 Å². The lowest BCUT2D eigenvalue weighted by molar-refractivity contribution is -0.135. The first-order chi connectivity index (χ1) is 18.4. The maximum absolute atomic E-state index is 12.5. The standard InChI is InChI=1S/C30H32O8/c1-4-35-23-12-6-21(7-13-23)10-18-28(31)37-25-16-17-27(26(20-25)30(33)34-3)38-29(32)19-11-22-8-14-24(15-9-22)36-5-2/h6-9,12-17,20H,4-5,10-11,18-19H2,1-3H3. The minimum Gasteiger partial charge on any atom is -0.494 e. The topological polar surface area (TPSA) is 97.4 Å². The molecule has 3 aromatic rings. The van der Waals surface area contributed by atoms with Crippen molar-refractivity contribution in [2.24, 2.45) is 0 Å². The van der Waals surface area contributed by atoms with Crippen molar-refractivity contribution in [3.8, 4) is 23.0 Å². The summed E-state index contributed by atoms with van der Waals surface area (Å²) in [5.74, 6) is 0.0224. The third-order valence-corrected chi connectivity index (χ3v) is 5.52. The summed E-state index contributed by atoms with van der Waals surface area (Å²) < 4.78 is 26.5. The van der Waals surface area contributed by atoms with Crippen LogP contribution in [0.4, 0.5) is 0 Å². The van der Waals surface area contributed by atoms with Gasteiger partial charge in [0.1, 0.15) is 28.6 Å². The van der Waals surface area contributed by atoms with Gasteiger partial charge < -0.3 is 23.7 Å². The number of hydrogen-bond donors (Lipinski definition) is 0. The predicted octanol–water partition coefficient (Wildman–Crippen LogP) is 5.35. The Hall–Kier alpha value is -4.33. The molecule has 8 heteroatoms. The van der Waals surface area contributed by atoms with Crippen LogP contribution < -0.4 is 18.9 Å². The minimum absolute atomic E-state index is 0.0151. The van der Waals surface area contributed by atoms with Gasteiger partial charge in [0, 0.05) is 12.8 Å². The van der Waals surface area contributed by atoms with Gasteiger partial charge in [-0.2, -0.15) is 0 Å². The Kier molecular flexibility index (Phi) is 10.7. The number of esters is 3. The molecule has 0 unspecified atom stereocenters. The van der Waals surface area contributed by atoms with Crippen LogP contribution in [0.1, 0.15) is 48.2 Å². The van der Waals surface area contributed by atoms with Gasteiger partial charge in [-0.15, -0.1) is 0 Å². The van der Waals surface area contributed by atoms with E-state index in [0.717, 1.165) is 22.6 Å². The third-order valence-electron chi connectivity index (χ3n) is 5.52. The van der Waals surface area contributed by atoms with Crippen molar-refractivity contribution in [2.75, 3.05) is 20.3 Å². The molecule has 0 atom stereocenters. The van der Waals surface area contributed by atoms with Gasteiger partial charge in [-0.05, 0) is 80.3 Å². The molecule has 0 amide bonds. The summed E-state index contributed by atoms with van der Waals surface area (Å²) in [6.45, 7) is 4.99. The van der Waals surface area contributed by atoms with E-state index in [-0.39, 0.29) is 29.9 Å². The molecule has 3 aromatic carbocycles. The van der Waals surface area contributed by atoms with E-state index in [4.69, 9.17) is 23.7 Å². The molecule has 0 spiro atoms. The Balaban J connectivity index is 1.57. The monoisotopic (exact) mass is 520 g/mol. The van der Waals surface area contributed by atoms with Crippen molar-refractivity contribution < 1.29 is 38.1 Å². The predicted molar refractivity (Wildman–Crippen MR) is 141 cm³/mol. The van der Waals surface area contributed by atoms with Crippen molar-refractivity contribution in [1.82, 2.24) is 0 Å². The highest BCUT2D eigenvalue weighted by Gasteiger charge is 2.19. The lowest BCUT2D eigenvalue weighted by Gasteiger charge is -2.11. The highest BCUT2D eigenvalue weighted by molar-refractivity contribution is 5.94. The summed E-state index contributed by atoms with van der Waals surface area (Å²) in [5.41, 5.74) is 1.90. The lowest BCUT2D eigenvalue weighted by atomic mass is 10.1. The van der Waals surface area contributed by atoms with E-state index in [0.29, 0.717) is 26.1 Å². The minimum atomic E-state index is -0.716. The molecule has 0 radical (unpaired) electrons. The van der Waals surface area contributed by atoms with Crippen molar-refractivity contribution in [3.63, 3.8) is 0 Å². The molecule has 0 aliphatic rings. The van der Waals surface area contributed by atoms with E-state index in [2.05, 4.69) is 0 Å². The molecule has 200 valence electrons. The average molecular weight is 521 g/mol. The number of hydrogen-bond acceptors (Lipinski definition) is 8. The second-order valence-corrected chi connectivity index (χ2v) is 8.25. The smallest absolute Gasteiger partial charge is 0.341 e. The van der Waals surface area contributed by atoms with Crippen molar-refractivity contribution in [2.45, 2.75) is 39.5 Å². The van der Waals surface area contributed by atoms with E-state index < -0.39 is 17.9 Å². The largest absolute Gasteiger partial charge is 0.494 e. The van der Waals surface area contributed by atoms with Crippen LogP contribution in [-0.2, 0) is 27.2 Å². The normalized spacial score (nSPS) is 10.4. The van der Waals surface area contributed by atoms with Gasteiger partial charge in [0.25, 0.3) is 0 Å². The molecule has 0 heterocycles. The molecule has 0 aromatic heterocycles. The fraction of sp³-hybridized carbons (Fsp3) is 0.300. The van der Waals surface area contributed by atoms with Crippen LogP contribution in [0.25, 0.3) is 0 Å². The number of aryl methyl sites for hydroxylation is 2. The summed E-state index contributed by atoms with van der Waals surface area (Å²) in [7, 11) is 1.22. The first-order valence-corrected chi connectivity index (χ1v) is 12.5. The van der Waals surface area contributed by atoms with Crippen LogP contribution in [0.15, 0.2) is 66.7 Å². The third kappa shape index (κ3) is 8.65. The number of benzene rings is 3. The van der Waals surface area contributed by atoms with Gasteiger partial charge in [-0.25, -0.2) is 4.79 Å². The maximum atomic E-state index is 12.5. The number of rotatable bonds is 13. The van der Waals surface area contributed by atoms with E-state index in [1.807, 2.05) is 62.4 Å². The first-order valence-electron chi connectivity index (χ1n) is 12.5. The second kappa shape index (κ2) is 14.4.